The molecule has 3 aromatic rings. The van der Waals surface area contributed by atoms with Crippen LogP contribution in [0.3, 0.4) is 0 Å². The van der Waals surface area contributed by atoms with Crippen molar-refractivity contribution in [3.63, 3.8) is 0 Å². The Morgan fingerprint density at radius 3 is 2.46 bits per heavy atom. The summed E-state index contributed by atoms with van der Waals surface area (Å²) in [5.74, 6) is 0.106. The van der Waals surface area contributed by atoms with Gasteiger partial charge in [-0.25, -0.2) is 0 Å². The molecule has 0 fully saturated rings. The molecule has 0 bridgehead atoms. The minimum absolute atomic E-state index is 0.149. The second kappa shape index (κ2) is 9.62. The zero-order chi connectivity index (χ0) is 19.8. The summed E-state index contributed by atoms with van der Waals surface area (Å²) in [4.78, 5) is 24.5. The first-order chi connectivity index (χ1) is 13.6. The van der Waals surface area contributed by atoms with Gasteiger partial charge in [0, 0.05) is 10.5 Å². The van der Waals surface area contributed by atoms with Crippen molar-refractivity contribution in [2.45, 2.75) is 11.5 Å². The van der Waals surface area contributed by atoms with Gasteiger partial charge in [0.25, 0.3) is 5.91 Å². The van der Waals surface area contributed by atoms with Gasteiger partial charge in [-0.15, -0.1) is 11.8 Å². The largest absolute Gasteiger partial charge is 0.489 e. The quantitative estimate of drug-likeness (QED) is 0.566. The number of carbonyl (C=O) groups is 2. The van der Waals surface area contributed by atoms with Crippen LogP contribution in [0, 0.1) is 0 Å². The predicted octanol–water partition coefficient (Wildman–Crippen LogP) is 4.10. The summed E-state index contributed by atoms with van der Waals surface area (Å²) in [6.45, 7) is 0.429. The number of benzene rings is 3. The monoisotopic (exact) mass is 392 g/mol. The van der Waals surface area contributed by atoms with E-state index in [1.807, 2.05) is 54.6 Å². The fourth-order valence-electron chi connectivity index (χ4n) is 2.51. The van der Waals surface area contributed by atoms with Crippen molar-refractivity contribution in [3.8, 4) is 5.75 Å². The van der Waals surface area contributed by atoms with E-state index in [9.17, 15) is 9.59 Å². The topological polar surface area (TPSA) is 81.4 Å². The van der Waals surface area contributed by atoms with E-state index < -0.39 is 5.91 Å². The minimum Gasteiger partial charge on any atom is -0.489 e. The van der Waals surface area contributed by atoms with Crippen molar-refractivity contribution in [2.24, 2.45) is 5.73 Å². The maximum atomic E-state index is 12.7. The number of thioether (sulfide) groups is 1. The standard InChI is InChI=1S/C22H20N2O3S/c23-21(25)15-28-20-12-5-4-11-19(20)24-22(26)17-9-6-10-18(13-17)27-14-16-7-2-1-3-8-16/h1-13H,14-15H2,(H2,23,25)(H,24,26). The molecule has 0 atom stereocenters. The highest BCUT2D eigenvalue weighted by Crippen LogP contribution is 2.27. The Labute approximate surface area is 167 Å². The van der Waals surface area contributed by atoms with Crippen molar-refractivity contribution in [1.29, 1.82) is 0 Å². The number of amides is 2. The molecule has 0 radical (unpaired) electrons. The predicted molar refractivity (Wildman–Crippen MR) is 112 cm³/mol. The van der Waals surface area contributed by atoms with Crippen LogP contribution in [-0.2, 0) is 11.4 Å². The molecule has 0 saturated carbocycles. The normalized spacial score (nSPS) is 10.3. The van der Waals surface area contributed by atoms with Gasteiger partial charge in [-0.3, -0.25) is 9.59 Å². The van der Waals surface area contributed by atoms with Crippen LogP contribution in [0.25, 0.3) is 0 Å². The second-order valence-corrected chi connectivity index (χ2v) is 7.02. The van der Waals surface area contributed by atoms with Crippen LogP contribution in [-0.4, -0.2) is 17.6 Å². The summed E-state index contributed by atoms with van der Waals surface area (Å²) in [6.07, 6.45) is 0. The Balaban J connectivity index is 1.67. The summed E-state index contributed by atoms with van der Waals surface area (Å²) < 4.78 is 5.79. The van der Waals surface area contributed by atoms with Gasteiger partial charge >= 0.3 is 0 Å². The molecule has 142 valence electrons. The summed E-state index contributed by atoms with van der Waals surface area (Å²) >= 11 is 1.29. The molecular formula is C22H20N2O3S. The van der Waals surface area contributed by atoms with Crippen molar-refractivity contribution in [1.82, 2.24) is 0 Å². The van der Waals surface area contributed by atoms with Gasteiger partial charge in [0.15, 0.2) is 0 Å². The molecule has 0 aliphatic rings. The molecule has 0 unspecified atom stereocenters. The number of ether oxygens (including phenoxy) is 1. The van der Waals surface area contributed by atoms with Gasteiger partial charge < -0.3 is 15.8 Å². The van der Waals surface area contributed by atoms with Crippen LogP contribution in [0.5, 0.6) is 5.75 Å². The molecule has 3 rings (SSSR count). The highest BCUT2D eigenvalue weighted by atomic mass is 32.2. The number of hydrogen-bond acceptors (Lipinski definition) is 4. The molecule has 3 aromatic carbocycles. The molecule has 6 heteroatoms. The van der Waals surface area contributed by atoms with Gasteiger partial charge in [-0.2, -0.15) is 0 Å². The van der Waals surface area contributed by atoms with Gasteiger partial charge in [0.05, 0.1) is 11.4 Å². The molecule has 0 aromatic heterocycles. The summed E-state index contributed by atoms with van der Waals surface area (Å²) in [5.41, 5.74) is 7.38. The summed E-state index contributed by atoms with van der Waals surface area (Å²) in [6, 6.07) is 24.1. The van der Waals surface area contributed by atoms with E-state index in [1.165, 1.54) is 11.8 Å². The van der Waals surface area contributed by atoms with Crippen molar-refractivity contribution < 1.29 is 14.3 Å². The van der Waals surface area contributed by atoms with Crippen LogP contribution >= 0.6 is 11.8 Å². The molecule has 0 saturated heterocycles. The SMILES string of the molecule is NC(=O)CSc1ccccc1NC(=O)c1cccc(OCc2ccccc2)c1. The highest BCUT2D eigenvalue weighted by molar-refractivity contribution is 8.00. The van der Waals surface area contributed by atoms with Gasteiger partial charge in [-0.05, 0) is 35.9 Å². The molecular weight excluding hydrogens is 372 g/mol. The van der Waals surface area contributed by atoms with Crippen LogP contribution < -0.4 is 15.8 Å². The van der Waals surface area contributed by atoms with E-state index in [0.717, 1.165) is 10.5 Å². The average Bonchev–Trinajstić information content (AvgIpc) is 2.72. The van der Waals surface area contributed by atoms with Crippen LogP contribution in [0.15, 0.2) is 83.8 Å². The van der Waals surface area contributed by atoms with Crippen LogP contribution in [0.2, 0.25) is 0 Å². The smallest absolute Gasteiger partial charge is 0.255 e. The Morgan fingerprint density at radius 1 is 0.929 bits per heavy atom. The molecule has 2 amide bonds. The number of rotatable bonds is 8. The molecule has 3 N–H and O–H groups in total. The maximum Gasteiger partial charge on any atom is 0.255 e. The zero-order valence-electron chi connectivity index (χ0n) is 15.1. The molecule has 5 nitrogen and oxygen atoms in total. The fraction of sp³-hybridized carbons (Fsp3) is 0.0909. The van der Waals surface area contributed by atoms with Crippen molar-refractivity contribution >= 4 is 29.3 Å². The third-order valence-corrected chi connectivity index (χ3v) is 4.95. The lowest BCUT2D eigenvalue weighted by Crippen LogP contribution is -2.14. The first-order valence-electron chi connectivity index (χ1n) is 8.70. The lowest BCUT2D eigenvalue weighted by molar-refractivity contribution is -0.115. The fourth-order valence-corrected chi connectivity index (χ4v) is 3.25. The average molecular weight is 392 g/mol. The van der Waals surface area contributed by atoms with Gasteiger partial charge in [-0.1, -0.05) is 48.5 Å². The number of primary amides is 1. The number of anilines is 1. The lowest BCUT2D eigenvalue weighted by Gasteiger charge is -2.11. The van der Waals surface area contributed by atoms with E-state index >= 15 is 0 Å². The lowest BCUT2D eigenvalue weighted by atomic mass is 10.2. The molecule has 28 heavy (non-hydrogen) atoms. The van der Waals surface area contributed by atoms with E-state index in [0.29, 0.717) is 23.6 Å². The van der Waals surface area contributed by atoms with Crippen LogP contribution in [0.1, 0.15) is 15.9 Å². The zero-order valence-corrected chi connectivity index (χ0v) is 15.9. The Bertz CT molecular complexity index is 961. The van der Waals surface area contributed by atoms with Crippen LogP contribution in [0.4, 0.5) is 5.69 Å². The minimum atomic E-state index is -0.408. The molecule has 0 aliphatic heterocycles. The van der Waals surface area contributed by atoms with E-state index in [-0.39, 0.29) is 11.7 Å². The third-order valence-electron chi connectivity index (χ3n) is 3.85. The summed E-state index contributed by atoms with van der Waals surface area (Å²) in [7, 11) is 0. The van der Waals surface area contributed by atoms with E-state index in [4.69, 9.17) is 10.5 Å². The number of nitrogens with one attached hydrogen (secondary N) is 1. The number of para-hydroxylation sites is 1. The molecule has 0 aliphatic carbocycles. The van der Waals surface area contributed by atoms with Gasteiger partial charge in [0.1, 0.15) is 12.4 Å². The Kier molecular flexibility index (Phi) is 6.70. The first kappa shape index (κ1) is 19.5. The number of hydrogen-bond donors (Lipinski definition) is 2. The van der Waals surface area contributed by atoms with Crippen molar-refractivity contribution in [2.75, 3.05) is 11.1 Å². The molecule has 0 heterocycles. The van der Waals surface area contributed by atoms with Crippen molar-refractivity contribution in [3.05, 3.63) is 90.0 Å². The Hall–Kier alpha value is -3.25. The first-order valence-corrected chi connectivity index (χ1v) is 9.68. The second-order valence-electron chi connectivity index (χ2n) is 6.01. The summed E-state index contributed by atoms with van der Waals surface area (Å²) in [5, 5.41) is 2.88. The highest BCUT2D eigenvalue weighted by Gasteiger charge is 2.11. The molecule has 0 spiro atoms. The van der Waals surface area contributed by atoms with Gasteiger partial charge in [0.2, 0.25) is 5.91 Å². The number of nitrogens with two attached hydrogens (primary N) is 1. The van der Waals surface area contributed by atoms with E-state index in [2.05, 4.69) is 5.32 Å². The Morgan fingerprint density at radius 2 is 1.68 bits per heavy atom. The maximum absolute atomic E-state index is 12.7. The van der Waals surface area contributed by atoms with E-state index in [1.54, 1.807) is 24.3 Å². The third kappa shape index (κ3) is 5.62. The number of carbonyl (C=O) groups excluding carboxylic acids is 2.